The number of benzene rings is 3. The first-order valence-electron chi connectivity index (χ1n) is 7.31. The van der Waals surface area contributed by atoms with Crippen molar-refractivity contribution in [3.63, 3.8) is 0 Å². The Labute approximate surface area is 141 Å². The Kier molecular flexibility index (Phi) is 4.38. The van der Waals surface area contributed by atoms with Gasteiger partial charge in [-0.05, 0) is 12.1 Å². The predicted molar refractivity (Wildman–Crippen MR) is 93.5 cm³/mol. The topological polar surface area (TPSA) is 99.4 Å². The molecular weight excluding hydrogens is 324 g/mol. The lowest BCUT2D eigenvalue weighted by molar-refractivity contribution is -0.389. The zero-order valence-electron chi connectivity index (χ0n) is 12.9. The molecule has 4 aromatic rings. The second-order valence-corrected chi connectivity index (χ2v) is 5.12. The molecule has 0 radical (unpaired) electrons. The third-order valence-electron chi connectivity index (χ3n) is 3.56. The van der Waals surface area contributed by atoms with Gasteiger partial charge in [0.05, 0.1) is 9.85 Å². The van der Waals surface area contributed by atoms with Gasteiger partial charge in [-0.15, -0.1) is 0 Å². The molecule has 1 aromatic heterocycles. The Balaban J connectivity index is 0.000000147. The summed E-state index contributed by atoms with van der Waals surface area (Å²) in [6, 6.07) is 20.6. The van der Waals surface area contributed by atoms with Crippen LogP contribution in [0.3, 0.4) is 0 Å². The number of furan rings is 1. The van der Waals surface area contributed by atoms with Crippen LogP contribution in [0.5, 0.6) is 0 Å². The fraction of sp³-hybridized carbons (Fsp3) is 0. The fourth-order valence-corrected chi connectivity index (χ4v) is 2.37. The second-order valence-electron chi connectivity index (χ2n) is 5.12. The van der Waals surface area contributed by atoms with Gasteiger partial charge in [-0.2, -0.15) is 0 Å². The lowest BCUT2D eigenvalue weighted by Crippen LogP contribution is -1.90. The van der Waals surface area contributed by atoms with Crippen molar-refractivity contribution in [3.8, 4) is 0 Å². The summed E-state index contributed by atoms with van der Waals surface area (Å²) < 4.78 is 5.65. The van der Waals surface area contributed by atoms with E-state index in [0.29, 0.717) is 0 Å². The van der Waals surface area contributed by atoms with E-state index in [4.69, 9.17) is 4.42 Å². The van der Waals surface area contributed by atoms with Crippen LogP contribution in [0.1, 0.15) is 0 Å². The summed E-state index contributed by atoms with van der Waals surface area (Å²) in [5, 5.41) is 22.6. The molecule has 0 unspecified atom stereocenters. The molecule has 0 saturated heterocycles. The van der Waals surface area contributed by atoms with Crippen LogP contribution in [0.15, 0.2) is 77.2 Å². The highest BCUT2D eigenvalue weighted by Crippen LogP contribution is 2.27. The molecule has 0 fully saturated rings. The highest BCUT2D eigenvalue weighted by Gasteiger charge is 2.08. The standard InChI is InChI=1S/C12H8O.C6H4N2O4/c1-3-7-11-9(5-1)10-6-2-4-8-12(10)13-11;9-7(10)5-1-2-6(4-3-5)8(11)12/h1-8H;1-4H. The van der Waals surface area contributed by atoms with E-state index < -0.39 is 9.85 Å². The van der Waals surface area contributed by atoms with Gasteiger partial charge in [0.15, 0.2) is 0 Å². The highest BCUT2D eigenvalue weighted by atomic mass is 16.6. The molecule has 3 aromatic carbocycles. The molecule has 0 atom stereocenters. The minimum atomic E-state index is -0.607. The molecule has 0 aliphatic heterocycles. The zero-order chi connectivity index (χ0) is 17.8. The summed E-state index contributed by atoms with van der Waals surface area (Å²) in [4.78, 5) is 19.0. The molecule has 124 valence electrons. The van der Waals surface area contributed by atoms with Gasteiger partial charge in [0.25, 0.3) is 11.4 Å². The van der Waals surface area contributed by atoms with Crippen LogP contribution >= 0.6 is 0 Å². The molecular formula is C18H12N2O5. The van der Waals surface area contributed by atoms with Crippen LogP contribution in [0, 0.1) is 20.2 Å². The normalized spacial score (nSPS) is 10.2. The lowest BCUT2D eigenvalue weighted by atomic mass is 10.2. The Hall–Kier alpha value is -3.74. The van der Waals surface area contributed by atoms with Crippen LogP contribution in [-0.4, -0.2) is 9.85 Å². The van der Waals surface area contributed by atoms with E-state index in [1.165, 1.54) is 10.8 Å². The van der Waals surface area contributed by atoms with Crippen molar-refractivity contribution in [2.24, 2.45) is 0 Å². The maximum absolute atomic E-state index is 10.1. The van der Waals surface area contributed by atoms with Gasteiger partial charge in [-0.3, -0.25) is 20.2 Å². The van der Waals surface area contributed by atoms with Crippen LogP contribution in [-0.2, 0) is 0 Å². The van der Waals surface area contributed by atoms with E-state index in [9.17, 15) is 20.2 Å². The molecule has 0 spiro atoms. The van der Waals surface area contributed by atoms with Crippen LogP contribution < -0.4 is 0 Å². The number of non-ortho nitro benzene ring substituents is 2. The van der Waals surface area contributed by atoms with Crippen molar-refractivity contribution >= 4 is 33.3 Å². The number of nitro groups is 2. The van der Waals surface area contributed by atoms with Crippen LogP contribution in [0.4, 0.5) is 11.4 Å². The number of rotatable bonds is 2. The minimum absolute atomic E-state index is 0.152. The summed E-state index contributed by atoms with van der Waals surface area (Å²) in [7, 11) is 0. The summed E-state index contributed by atoms with van der Waals surface area (Å²) in [6.07, 6.45) is 0. The molecule has 0 aliphatic carbocycles. The van der Waals surface area contributed by atoms with Gasteiger partial charge < -0.3 is 4.42 Å². The third-order valence-corrected chi connectivity index (χ3v) is 3.56. The van der Waals surface area contributed by atoms with Crippen LogP contribution in [0.25, 0.3) is 21.9 Å². The van der Waals surface area contributed by atoms with Gasteiger partial charge in [-0.25, -0.2) is 0 Å². The van der Waals surface area contributed by atoms with E-state index in [2.05, 4.69) is 12.1 Å². The highest BCUT2D eigenvalue weighted by molar-refractivity contribution is 6.04. The SMILES string of the molecule is O=[N+]([O-])c1ccc([N+](=O)[O-])cc1.c1ccc2c(c1)oc1ccccc12. The minimum Gasteiger partial charge on any atom is -0.456 e. The lowest BCUT2D eigenvalue weighted by Gasteiger charge is -1.90. The van der Waals surface area contributed by atoms with Crippen molar-refractivity contribution < 1.29 is 14.3 Å². The smallest absolute Gasteiger partial charge is 0.269 e. The molecule has 7 heteroatoms. The number of nitro benzene ring substituents is 2. The number of nitrogens with zero attached hydrogens (tertiary/aromatic N) is 2. The zero-order valence-corrected chi connectivity index (χ0v) is 12.9. The average Bonchev–Trinajstić information content (AvgIpc) is 3.01. The van der Waals surface area contributed by atoms with Crippen molar-refractivity contribution in [2.75, 3.05) is 0 Å². The first-order valence-corrected chi connectivity index (χ1v) is 7.31. The maximum Gasteiger partial charge on any atom is 0.269 e. The van der Waals surface area contributed by atoms with E-state index in [-0.39, 0.29) is 11.4 Å². The Morgan fingerprint density at radius 3 is 1.32 bits per heavy atom. The predicted octanol–water partition coefficient (Wildman–Crippen LogP) is 5.09. The van der Waals surface area contributed by atoms with Crippen molar-refractivity contribution in [1.82, 2.24) is 0 Å². The number of fused-ring (bicyclic) bond motifs is 3. The molecule has 0 saturated carbocycles. The van der Waals surface area contributed by atoms with Gasteiger partial charge in [0.2, 0.25) is 0 Å². The maximum atomic E-state index is 10.1. The Morgan fingerprint density at radius 1 is 0.600 bits per heavy atom. The third kappa shape index (κ3) is 3.45. The van der Waals surface area contributed by atoms with E-state index in [1.54, 1.807) is 0 Å². The van der Waals surface area contributed by atoms with E-state index in [0.717, 1.165) is 35.4 Å². The summed E-state index contributed by atoms with van der Waals surface area (Å²) >= 11 is 0. The number of hydrogen-bond acceptors (Lipinski definition) is 5. The molecule has 0 amide bonds. The monoisotopic (exact) mass is 336 g/mol. The summed E-state index contributed by atoms with van der Waals surface area (Å²) in [5.74, 6) is 0. The van der Waals surface area contributed by atoms with Gasteiger partial charge in [-0.1, -0.05) is 36.4 Å². The van der Waals surface area contributed by atoms with Crippen LogP contribution in [0.2, 0.25) is 0 Å². The van der Waals surface area contributed by atoms with E-state index in [1.807, 2.05) is 36.4 Å². The molecule has 7 nitrogen and oxygen atoms in total. The Bertz CT molecular complexity index is 971. The van der Waals surface area contributed by atoms with Crippen molar-refractivity contribution in [2.45, 2.75) is 0 Å². The molecule has 0 bridgehead atoms. The van der Waals surface area contributed by atoms with Gasteiger partial charge in [0, 0.05) is 35.0 Å². The summed E-state index contributed by atoms with van der Waals surface area (Å²) in [6.45, 7) is 0. The largest absolute Gasteiger partial charge is 0.456 e. The van der Waals surface area contributed by atoms with Crippen molar-refractivity contribution in [3.05, 3.63) is 93.0 Å². The summed E-state index contributed by atoms with van der Waals surface area (Å²) in [5.41, 5.74) is 1.62. The number of para-hydroxylation sites is 2. The fourth-order valence-electron chi connectivity index (χ4n) is 2.37. The molecule has 25 heavy (non-hydrogen) atoms. The molecule has 0 aliphatic rings. The number of hydrogen-bond donors (Lipinski definition) is 0. The molecule has 1 heterocycles. The van der Waals surface area contributed by atoms with Gasteiger partial charge >= 0.3 is 0 Å². The second kappa shape index (κ2) is 6.79. The van der Waals surface area contributed by atoms with Crippen molar-refractivity contribution in [1.29, 1.82) is 0 Å². The Morgan fingerprint density at radius 2 is 0.960 bits per heavy atom. The molecule has 0 N–H and O–H groups in total. The van der Waals surface area contributed by atoms with Gasteiger partial charge in [0.1, 0.15) is 11.2 Å². The average molecular weight is 336 g/mol. The first kappa shape index (κ1) is 16.1. The van der Waals surface area contributed by atoms with E-state index >= 15 is 0 Å². The first-order chi connectivity index (χ1) is 12.1. The quantitative estimate of drug-likeness (QED) is 0.375. The molecule has 4 rings (SSSR count).